The van der Waals surface area contributed by atoms with Gasteiger partial charge >= 0.3 is 6.03 Å². The molecule has 1 aliphatic heterocycles. The third-order valence-electron chi connectivity index (χ3n) is 6.27. The van der Waals surface area contributed by atoms with Gasteiger partial charge in [-0.25, -0.2) is 4.79 Å². The van der Waals surface area contributed by atoms with Gasteiger partial charge in [-0.3, -0.25) is 14.5 Å². The number of imide groups is 1. The highest BCUT2D eigenvalue weighted by Crippen LogP contribution is 2.42. The summed E-state index contributed by atoms with van der Waals surface area (Å²) in [4.78, 5) is 40.1. The minimum atomic E-state index is -1.13. The minimum absolute atomic E-state index is 0.185. The Labute approximate surface area is 188 Å². The lowest BCUT2D eigenvalue weighted by Gasteiger charge is -2.24. The molecule has 0 radical (unpaired) electrons. The molecule has 4 amide bonds. The molecule has 7 nitrogen and oxygen atoms in total. The molecule has 32 heavy (non-hydrogen) atoms. The summed E-state index contributed by atoms with van der Waals surface area (Å²) in [5.41, 5.74) is 1.63. The number of nitrogens with one attached hydrogen (secondary N) is 2. The van der Waals surface area contributed by atoms with Crippen molar-refractivity contribution in [1.29, 1.82) is 0 Å². The summed E-state index contributed by atoms with van der Waals surface area (Å²) < 4.78 is 5.31. The van der Waals surface area contributed by atoms with E-state index in [1.807, 2.05) is 42.5 Å². The molecule has 2 N–H and O–H groups in total. The average molecular weight is 436 g/mol. The van der Waals surface area contributed by atoms with Crippen LogP contribution in [0.5, 0.6) is 5.75 Å². The van der Waals surface area contributed by atoms with Crippen molar-refractivity contribution in [3.8, 4) is 5.75 Å². The standard InChI is InChI=1S/C25H29N3O4/c1-16(2)13-21(18-7-5-4-6-8-18)26-22(29)15-28-23(30)25(27-24(28)31)12-11-17-9-10-19(32-3)14-20(17)25/h4-10,14,16,21H,11-13,15H2,1-3H3,(H,26,29)(H,27,31)/t21-,25-/m0/s1. The van der Waals surface area contributed by atoms with Crippen molar-refractivity contribution in [2.24, 2.45) is 5.92 Å². The Morgan fingerprint density at radius 3 is 2.62 bits per heavy atom. The summed E-state index contributed by atoms with van der Waals surface area (Å²) in [7, 11) is 1.56. The van der Waals surface area contributed by atoms with Crippen molar-refractivity contribution in [3.63, 3.8) is 0 Å². The minimum Gasteiger partial charge on any atom is -0.497 e. The Balaban J connectivity index is 1.51. The van der Waals surface area contributed by atoms with Crippen LogP contribution < -0.4 is 15.4 Å². The predicted octanol–water partition coefficient (Wildman–Crippen LogP) is 3.29. The van der Waals surface area contributed by atoms with Gasteiger partial charge in [0.05, 0.1) is 13.2 Å². The van der Waals surface area contributed by atoms with Crippen LogP contribution in [0.4, 0.5) is 4.79 Å². The molecule has 2 aromatic carbocycles. The van der Waals surface area contributed by atoms with Crippen LogP contribution in [0.3, 0.4) is 0 Å². The summed E-state index contributed by atoms with van der Waals surface area (Å²) in [6, 6.07) is 14.6. The second-order valence-electron chi connectivity index (χ2n) is 8.91. The number of amides is 4. The van der Waals surface area contributed by atoms with Crippen LogP contribution in [0, 0.1) is 5.92 Å². The van der Waals surface area contributed by atoms with Crippen molar-refractivity contribution < 1.29 is 19.1 Å². The first-order chi connectivity index (χ1) is 15.3. The molecule has 1 fully saturated rings. The maximum absolute atomic E-state index is 13.4. The Morgan fingerprint density at radius 2 is 1.94 bits per heavy atom. The highest BCUT2D eigenvalue weighted by molar-refractivity contribution is 6.10. The Morgan fingerprint density at radius 1 is 1.19 bits per heavy atom. The Bertz CT molecular complexity index is 1040. The highest BCUT2D eigenvalue weighted by atomic mass is 16.5. The molecule has 4 rings (SSSR count). The van der Waals surface area contributed by atoms with Crippen LogP contribution in [0.2, 0.25) is 0 Å². The first kappa shape index (κ1) is 21.9. The van der Waals surface area contributed by atoms with Crippen molar-refractivity contribution in [2.45, 2.75) is 44.7 Å². The van der Waals surface area contributed by atoms with E-state index in [2.05, 4.69) is 24.5 Å². The van der Waals surface area contributed by atoms with E-state index in [-0.39, 0.29) is 24.4 Å². The zero-order valence-electron chi connectivity index (χ0n) is 18.7. The summed E-state index contributed by atoms with van der Waals surface area (Å²) in [6.45, 7) is 3.87. The van der Waals surface area contributed by atoms with E-state index in [4.69, 9.17) is 4.74 Å². The van der Waals surface area contributed by atoms with Gasteiger partial charge in [-0.15, -0.1) is 0 Å². The lowest BCUT2D eigenvalue weighted by Crippen LogP contribution is -2.44. The molecule has 0 aromatic heterocycles. The molecule has 2 aromatic rings. The van der Waals surface area contributed by atoms with Crippen LogP contribution in [-0.2, 0) is 21.5 Å². The summed E-state index contributed by atoms with van der Waals surface area (Å²) in [5.74, 6) is 0.252. The zero-order chi connectivity index (χ0) is 22.9. The molecule has 1 heterocycles. The highest BCUT2D eigenvalue weighted by Gasteiger charge is 2.55. The number of aryl methyl sites for hydroxylation is 1. The molecular formula is C25H29N3O4. The Kier molecular flexibility index (Phi) is 5.91. The topological polar surface area (TPSA) is 87.7 Å². The first-order valence-corrected chi connectivity index (χ1v) is 11.0. The van der Waals surface area contributed by atoms with E-state index in [0.29, 0.717) is 24.5 Å². The molecule has 1 saturated heterocycles. The van der Waals surface area contributed by atoms with E-state index in [1.54, 1.807) is 13.2 Å². The van der Waals surface area contributed by atoms with Gasteiger partial charge < -0.3 is 15.4 Å². The van der Waals surface area contributed by atoms with Gasteiger partial charge in [0.25, 0.3) is 5.91 Å². The van der Waals surface area contributed by atoms with Crippen LogP contribution in [0.25, 0.3) is 0 Å². The Hall–Kier alpha value is -3.35. The monoisotopic (exact) mass is 435 g/mol. The fourth-order valence-electron chi connectivity index (χ4n) is 4.70. The number of hydrogen-bond acceptors (Lipinski definition) is 4. The van der Waals surface area contributed by atoms with E-state index in [9.17, 15) is 14.4 Å². The van der Waals surface area contributed by atoms with Crippen LogP contribution >= 0.6 is 0 Å². The van der Waals surface area contributed by atoms with E-state index < -0.39 is 11.6 Å². The first-order valence-electron chi connectivity index (χ1n) is 11.0. The fraction of sp³-hybridized carbons (Fsp3) is 0.400. The number of methoxy groups -OCH3 is 1. The van der Waals surface area contributed by atoms with Gasteiger partial charge in [0.2, 0.25) is 5.91 Å². The lowest BCUT2D eigenvalue weighted by molar-refractivity contribution is -0.135. The number of hydrogen-bond donors (Lipinski definition) is 2. The molecule has 2 aliphatic rings. The third kappa shape index (κ3) is 3.95. The number of rotatable bonds is 7. The molecule has 2 atom stereocenters. The maximum Gasteiger partial charge on any atom is 0.325 e. The van der Waals surface area contributed by atoms with Gasteiger partial charge in [0, 0.05) is 0 Å². The number of urea groups is 1. The quantitative estimate of drug-likeness (QED) is 0.654. The summed E-state index contributed by atoms with van der Waals surface area (Å²) in [5, 5.41) is 5.88. The number of benzene rings is 2. The van der Waals surface area contributed by atoms with Gasteiger partial charge in [0.15, 0.2) is 0 Å². The van der Waals surface area contributed by atoms with Gasteiger partial charge in [-0.05, 0) is 54.0 Å². The van der Waals surface area contributed by atoms with Crippen molar-refractivity contribution in [2.75, 3.05) is 13.7 Å². The molecule has 0 saturated carbocycles. The molecule has 1 aliphatic carbocycles. The predicted molar refractivity (Wildman–Crippen MR) is 120 cm³/mol. The third-order valence-corrected chi connectivity index (χ3v) is 6.27. The van der Waals surface area contributed by atoms with E-state index >= 15 is 0 Å². The molecule has 0 unspecified atom stereocenters. The SMILES string of the molecule is COc1ccc2c(c1)[C@]1(CC2)NC(=O)N(CC(=O)N[C@@H](CC(C)C)c2ccccc2)C1=O. The van der Waals surface area contributed by atoms with Crippen LogP contribution in [0.1, 0.15) is 49.4 Å². The summed E-state index contributed by atoms with van der Waals surface area (Å²) in [6.07, 6.45) is 1.90. The number of fused-ring (bicyclic) bond motifs is 2. The largest absolute Gasteiger partial charge is 0.497 e. The molecule has 1 spiro atoms. The van der Waals surface area contributed by atoms with Gasteiger partial charge in [0.1, 0.15) is 17.8 Å². The normalized spacial score (nSPS) is 20.4. The number of carbonyl (C=O) groups is 3. The van der Waals surface area contributed by atoms with Crippen molar-refractivity contribution >= 4 is 17.8 Å². The smallest absolute Gasteiger partial charge is 0.325 e. The number of ether oxygens (including phenoxy) is 1. The second kappa shape index (κ2) is 8.65. The zero-order valence-corrected chi connectivity index (χ0v) is 18.7. The van der Waals surface area contributed by atoms with E-state index in [0.717, 1.165) is 28.0 Å². The fourth-order valence-corrected chi connectivity index (χ4v) is 4.70. The molecule has 168 valence electrons. The average Bonchev–Trinajstić information content (AvgIpc) is 3.26. The molecular weight excluding hydrogens is 406 g/mol. The van der Waals surface area contributed by atoms with Crippen LogP contribution in [0.15, 0.2) is 48.5 Å². The van der Waals surface area contributed by atoms with Crippen molar-refractivity contribution in [1.82, 2.24) is 15.5 Å². The van der Waals surface area contributed by atoms with Crippen LogP contribution in [-0.4, -0.2) is 36.4 Å². The number of carbonyl (C=O) groups excluding carboxylic acids is 3. The number of nitrogens with zero attached hydrogens (tertiary/aromatic N) is 1. The molecule has 0 bridgehead atoms. The summed E-state index contributed by atoms with van der Waals surface area (Å²) >= 11 is 0. The second-order valence-corrected chi connectivity index (χ2v) is 8.91. The lowest BCUT2D eigenvalue weighted by atomic mass is 9.91. The van der Waals surface area contributed by atoms with Gasteiger partial charge in [-0.1, -0.05) is 50.2 Å². The van der Waals surface area contributed by atoms with E-state index in [1.165, 1.54) is 0 Å². The van der Waals surface area contributed by atoms with Crippen molar-refractivity contribution in [3.05, 3.63) is 65.2 Å². The molecule has 7 heteroatoms. The maximum atomic E-state index is 13.4. The van der Waals surface area contributed by atoms with Gasteiger partial charge in [-0.2, -0.15) is 0 Å².